The van der Waals surface area contributed by atoms with E-state index >= 15 is 0 Å². The zero-order valence-electron chi connectivity index (χ0n) is 18.6. The van der Waals surface area contributed by atoms with Gasteiger partial charge >= 0.3 is 5.69 Å². The van der Waals surface area contributed by atoms with Crippen molar-refractivity contribution in [1.82, 2.24) is 19.4 Å². The van der Waals surface area contributed by atoms with Crippen LogP contribution in [-0.2, 0) is 26.4 Å². The molecular weight excluding hydrogens is 390 g/mol. The molecule has 1 saturated heterocycles. The number of fused-ring (bicyclic) bond motifs is 1. The number of hydrogen-bond donors (Lipinski definition) is 1. The topological polar surface area (TPSA) is 71.6 Å². The Morgan fingerprint density at radius 2 is 1.94 bits per heavy atom. The fourth-order valence-corrected chi connectivity index (χ4v) is 4.74. The first kappa shape index (κ1) is 21.6. The monoisotopic (exact) mass is 423 g/mol. The zero-order valence-corrected chi connectivity index (χ0v) is 18.6. The summed E-state index contributed by atoms with van der Waals surface area (Å²) in [6.07, 6.45) is 4.18. The van der Waals surface area contributed by atoms with Crippen molar-refractivity contribution >= 4 is 11.7 Å². The Hall–Kier alpha value is -2.67. The van der Waals surface area contributed by atoms with Crippen LogP contribution in [0, 0.1) is 5.92 Å². The van der Waals surface area contributed by atoms with E-state index < -0.39 is 0 Å². The minimum absolute atomic E-state index is 0.166. The molecule has 1 fully saturated rings. The lowest BCUT2D eigenvalue weighted by molar-refractivity contribution is 0.409. The number of amidine groups is 1. The standard InChI is InChI=1S/C24H33N5O2/c1-3-14-29-23(30)20-11-10-19(17-18-8-5-4-6-9-18)21(26-22(20)27(2)24(29)31)28-15-7-12-25-13-16-28/h4-6,8-9,19,25H,3,7,10-17H2,1-2H3. The maximum atomic E-state index is 13.2. The second-order valence-electron chi connectivity index (χ2n) is 8.59. The van der Waals surface area contributed by atoms with E-state index in [0.29, 0.717) is 24.3 Å². The van der Waals surface area contributed by atoms with E-state index in [9.17, 15) is 9.59 Å². The minimum atomic E-state index is -0.271. The molecule has 0 bridgehead atoms. The Labute approximate surface area is 183 Å². The van der Waals surface area contributed by atoms with Gasteiger partial charge in [0, 0.05) is 39.1 Å². The first-order chi connectivity index (χ1) is 15.1. The van der Waals surface area contributed by atoms with Crippen LogP contribution in [0.25, 0.3) is 0 Å². The Bertz CT molecular complexity index is 1050. The van der Waals surface area contributed by atoms with Crippen LogP contribution in [0.1, 0.15) is 37.3 Å². The summed E-state index contributed by atoms with van der Waals surface area (Å²) in [5, 5.41) is 3.46. The van der Waals surface area contributed by atoms with Crippen molar-refractivity contribution < 1.29 is 0 Å². The molecule has 3 heterocycles. The van der Waals surface area contributed by atoms with Crippen molar-refractivity contribution in [3.8, 4) is 0 Å². The van der Waals surface area contributed by atoms with E-state index in [-0.39, 0.29) is 17.2 Å². The Balaban J connectivity index is 1.81. The molecule has 7 heteroatoms. The van der Waals surface area contributed by atoms with E-state index in [2.05, 4.69) is 34.5 Å². The van der Waals surface area contributed by atoms with Crippen molar-refractivity contribution in [2.24, 2.45) is 18.0 Å². The van der Waals surface area contributed by atoms with Gasteiger partial charge in [-0.3, -0.25) is 13.9 Å². The van der Waals surface area contributed by atoms with Crippen LogP contribution in [0.3, 0.4) is 0 Å². The molecular formula is C24H33N5O2. The van der Waals surface area contributed by atoms with E-state index in [1.165, 1.54) is 10.1 Å². The third-order valence-electron chi connectivity index (χ3n) is 6.37. The molecule has 2 aliphatic rings. The summed E-state index contributed by atoms with van der Waals surface area (Å²) >= 11 is 0. The molecule has 0 spiro atoms. The number of benzene rings is 1. The second-order valence-corrected chi connectivity index (χ2v) is 8.59. The molecule has 166 valence electrons. The fourth-order valence-electron chi connectivity index (χ4n) is 4.74. The van der Waals surface area contributed by atoms with E-state index in [1.807, 2.05) is 13.0 Å². The lowest BCUT2D eigenvalue weighted by atomic mass is 9.92. The van der Waals surface area contributed by atoms with Crippen LogP contribution in [-0.4, -0.2) is 46.0 Å². The molecule has 2 aliphatic heterocycles. The average Bonchev–Trinajstić information content (AvgIpc) is 3.16. The molecule has 1 aromatic carbocycles. The smallest absolute Gasteiger partial charge is 0.332 e. The third-order valence-corrected chi connectivity index (χ3v) is 6.37. The maximum absolute atomic E-state index is 13.2. The molecule has 7 nitrogen and oxygen atoms in total. The van der Waals surface area contributed by atoms with Crippen molar-refractivity contribution in [2.45, 2.75) is 45.6 Å². The molecule has 4 rings (SSSR count). The van der Waals surface area contributed by atoms with Gasteiger partial charge in [-0.25, -0.2) is 9.79 Å². The number of hydrogen-bond acceptors (Lipinski definition) is 5. The van der Waals surface area contributed by atoms with Gasteiger partial charge in [-0.05, 0) is 44.2 Å². The fraction of sp³-hybridized carbons (Fsp3) is 0.542. The van der Waals surface area contributed by atoms with E-state index in [0.717, 1.165) is 57.7 Å². The summed E-state index contributed by atoms with van der Waals surface area (Å²) in [6.45, 7) is 6.18. The Morgan fingerprint density at radius 3 is 2.71 bits per heavy atom. The van der Waals surface area contributed by atoms with Crippen molar-refractivity contribution in [2.75, 3.05) is 26.2 Å². The molecule has 1 unspecified atom stereocenters. The van der Waals surface area contributed by atoms with Gasteiger partial charge in [-0.2, -0.15) is 0 Å². The number of nitrogens with zero attached hydrogens (tertiary/aromatic N) is 4. The Kier molecular flexibility index (Phi) is 6.70. The highest BCUT2D eigenvalue weighted by molar-refractivity contribution is 5.88. The number of nitrogens with one attached hydrogen (secondary N) is 1. The SMILES string of the molecule is CCCn1c(=O)c2c(n(C)c1=O)N=C(N1CCCNCC1)C(Cc1ccccc1)CC2. The number of aromatic nitrogens is 2. The summed E-state index contributed by atoms with van der Waals surface area (Å²) < 4.78 is 2.95. The normalized spacial score (nSPS) is 19.4. The van der Waals surface area contributed by atoms with Gasteiger partial charge in [-0.1, -0.05) is 37.3 Å². The second kappa shape index (κ2) is 9.64. The third kappa shape index (κ3) is 4.51. The summed E-state index contributed by atoms with van der Waals surface area (Å²) in [6, 6.07) is 10.5. The van der Waals surface area contributed by atoms with Crippen LogP contribution in [0.4, 0.5) is 5.82 Å². The summed E-state index contributed by atoms with van der Waals surface area (Å²) in [4.78, 5) is 33.5. The van der Waals surface area contributed by atoms with Gasteiger partial charge in [0.25, 0.3) is 5.56 Å². The van der Waals surface area contributed by atoms with Crippen LogP contribution >= 0.6 is 0 Å². The average molecular weight is 424 g/mol. The zero-order chi connectivity index (χ0) is 21.8. The van der Waals surface area contributed by atoms with E-state index in [1.54, 1.807) is 11.6 Å². The molecule has 0 aliphatic carbocycles. The molecule has 1 N–H and O–H groups in total. The first-order valence-electron chi connectivity index (χ1n) is 11.5. The molecule has 0 amide bonds. The van der Waals surface area contributed by atoms with Gasteiger partial charge in [0.05, 0.1) is 5.56 Å². The minimum Gasteiger partial charge on any atom is -0.358 e. The highest BCUT2D eigenvalue weighted by Gasteiger charge is 2.29. The summed E-state index contributed by atoms with van der Waals surface area (Å²) in [5.74, 6) is 1.78. The number of aliphatic imine (C=N–C) groups is 1. The predicted octanol–water partition coefficient (Wildman–Crippen LogP) is 2.09. The van der Waals surface area contributed by atoms with Gasteiger partial charge in [0.2, 0.25) is 0 Å². The lowest BCUT2D eigenvalue weighted by Gasteiger charge is -2.29. The van der Waals surface area contributed by atoms with Gasteiger partial charge in [0.1, 0.15) is 11.7 Å². The van der Waals surface area contributed by atoms with Crippen LogP contribution in [0.2, 0.25) is 0 Å². The maximum Gasteiger partial charge on any atom is 0.332 e. The van der Waals surface area contributed by atoms with Gasteiger partial charge < -0.3 is 10.2 Å². The molecule has 2 aromatic rings. The van der Waals surface area contributed by atoms with Crippen molar-refractivity contribution in [1.29, 1.82) is 0 Å². The van der Waals surface area contributed by atoms with E-state index in [4.69, 9.17) is 4.99 Å². The molecule has 1 atom stereocenters. The lowest BCUT2D eigenvalue weighted by Crippen LogP contribution is -2.41. The van der Waals surface area contributed by atoms with Crippen molar-refractivity contribution in [3.63, 3.8) is 0 Å². The predicted molar refractivity (Wildman–Crippen MR) is 124 cm³/mol. The highest BCUT2D eigenvalue weighted by atomic mass is 16.2. The molecule has 0 saturated carbocycles. The van der Waals surface area contributed by atoms with Gasteiger partial charge in [-0.15, -0.1) is 0 Å². The molecule has 0 radical (unpaired) electrons. The van der Waals surface area contributed by atoms with Crippen LogP contribution < -0.4 is 16.6 Å². The first-order valence-corrected chi connectivity index (χ1v) is 11.5. The summed E-state index contributed by atoms with van der Waals surface area (Å²) in [7, 11) is 1.75. The quantitative estimate of drug-likeness (QED) is 0.817. The van der Waals surface area contributed by atoms with Crippen LogP contribution in [0.15, 0.2) is 44.9 Å². The van der Waals surface area contributed by atoms with Gasteiger partial charge in [0.15, 0.2) is 0 Å². The highest BCUT2D eigenvalue weighted by Crippen LogP contribution is 2.28. The summed E-state index contributed by atoms with van der Waals surface area (Å²) in [5.41, 5.74) is 1.52. The molecule has 1 aromatic heterocycles. The van der Waals surface area contributed by atoms with Crippen LogP contribution in [0.5, 0.6) is 0 Å². The Morgan fingerprint density at radius 1 is 1.13 bits per heavy atom. The largest absolute Gasteiger partial charge is 0.358 e. The van der Waals surface area contributed by atoms with Crippen molar-refractivity contribution in [3.05, 3.63) is 62.3 Å². The number of rotatable bonds is 4. The molecule has 31 heavy (non-hydrogen) atoms.